The summed E-state index contributed by atoms with van der Waals surface area (Å²) in [5.41, 5.74) is 1.05. The molecule has 0 aliphatic rings. The van der Waals surface area contributed by atoms with E-state index in [1.807, 2.05) is 0 Å². The lowest BCUT2D eigenvalue weighted by Gasteiger charge is -2.18. The van der Waals surface area contributed by atoms with Crippen LogP contribution in [-0.4, -0.2) is 23.3 Å². The number of benzene rings is 1. The van der Waals surface area contributed by atoms with Gasteiger partial charge in [-0.15, -0.1) is 6.58 Å². The van der Waals surface area contributed by atoms with Crippen molar-refractivity contribution < 1.29 is 26.8 Å². The van der Waals surface area contributed by atoms with Gasteiger partial charge in [0.05, 0.1) is 12.8 Å². The Balaban J connectivity index is 2.14. The molecule has 0 aliphatic carbocycles. The van der Waals surface area contributed by atoms with Gasteiger partial charge in [0.25, 0.3) is 7.52 Å². The molecule has 0 bridgehead atoms. The lowest BCUT2D eigenvalue weighted by Crippen LogP contribution is -2.14. The third-order valence-electron chi connectivity index (χ3n) is 3.09. The van der Waals surface area contributed by atoms with E-state index in [2.05, 4.69) is 26.3 Å². The van der Waals surface area contributed by atoms with E-state index < -0.39 is 19.6 Å². The summed E-state index contributed by atoms with van der Waals surface area (Å²) in [7, 11) is -3.08. The topological polar surface area (TPSA) is 77.3 Å². The maximum Gasteiger partial charge on any atom is 0.471 e. The summed E-state index contributed by atoms with van der Waals surface area (Å²) in [6.07, 6.45) is -2.98. The molecule has 0 amide bonds. The predicted octanol–water partition coefficient (Wildman–Crippen LogP) is 4.26. The van der Waals surface area contributed by atoms with Gasteiger partial charge in [-0.1, -0.05) is 35.5 Å². The highest BCUT2D eigenvalue weighted by Gasteiger charge is 2.38. The smallest absolute Gasteiger partial charge is 0.329 e. The van der Waals surface area contributed by atoms with Gasteiger partial charge in [0.1, 0.15) is 0 Å². The van der Waals surface area contributed by atoms with Gasteiger partial charge in [-0.05, 0) is 12.5 Å². The Hall–Kier alpha value is -1.96. The zero-order valence-electron chi connectivity index (χ0n) is 13.4. The van der Waals surface area contributed by atoms with Crippen molar-refractivity contribution in [2.24, 2.45) is 0 Å². The van der Waals surface area contributed by atoms with Gasteiger partial charge in [0.15, 0.2) is 0 Å². The molecule has 0 saturated carbocycles. The van der Waals surface area contributed by atoms with Crippen LogP contribution in [0.1, 0.15) is 18.4 Å². The molecule has 25 heavy (non-hydrogen) atoms. The molecule has 1 atom stereocenters. The number of hydrogen-bond donors (Lipinski definition) is 1. The summed E-state index contributed by atoms with van der Waals surface area (Å²) >= 11 is 0. The molecule has 2 rings (SSSR count). The first-order chi connectivity index (χ1) is 11.8. The first-order valence-corrected chi connectivity index (χ1v) is 9.18. The third kappa shape index (κ3) is 5.26. The van der Waals surface area contributed by atoms with Crippen molar-refractivity contribution in [2.75, 3.05) is 13.2 Å². The van der Waals surface area contributed by atoms with Crippen molar-refractivity contribution in [3.05, 3.63) is 48.4 Å². The Bertz CT molecular complexity index is 759. The number of rotatable bonds is 8. The summed E-state index contributed by atoms with van der Waals surface area (Å²) in [4.78, 5) is 3.32. The fourth-order valence-electron chi connectivity index (χ4n) is 2.01. The van der Waals surface area contributed by atoms with E-state index in [-0.39, 0.29) is 18.6 Å². The first kappa shape index (κ1) is 19.4. The van der Waals surface area contributed by atoms with Gasteiger partial charge >= 0.3 is 12.1 Å². The van der Waals surface area contributed by atoms with Gasteiger partial charge in [0.2, 0.25) is 5.82 Å². The number of alkyl halides is 3. The molecule has 0 aliphatic heterocycles. The minimum atomic E-state index is -4.69. The lowest BCUT2D eigenvalue weighted by atomic mass is 10.1. The van der Waals surface area contributed by atoms with E-state index in [0.29, 0.717) is 17.7 Å². The highest BCUT2D eigenvalue weighted by Crippen LogP contribution is 2.45. The van der Waals surface area contributed by atoms with E-state index in [4.69, 9.17) is 4.52 Å². The molecule has 2 aromatic rings. The van der Waals surface area contributed by atoms with Crippen molar-refractivity contribution in [3.63, 3.8) is 0 Å². The van der Waals surface area contributed by atoms with Crippen LogP contribution in [0, 0.1) is 0 Å². The second kappa shape index (κ2) is 7.95. The van der Waals surface area contributed by atoms with Crippen molar-refractivity contribution >= 4 is 7.52 Å². The summed E-state index contributed by atoms with van der Waals surface area (Å²) < 4.78 is 59.6. The Kier molecular flexibility index (Phi) is 6.16. The molecule has 10 heteroatoms. The molecule has 0 fully saturated rings. The zero-order valence-corrected chi connectivity index (χ0v) is 14.3. The van der Waals surface area contributed by atoms with E-state index in [9.17, 15) is 17.7 Å². The van der Waals surface area contributed by atoms with E-state index in [1.165, 1.54) is 12.1 Å². The minimum Gasteiger partial charge on any atom is -0.329 e. The van der Waals surface area contributed by atoms with Crippen molar-refractivity contribution in [3.8, 4) is 11.4 Å². The van der Waals surface area contributed by atoms with Gasteiger partial charge in [-0.25, -0.2) is 5.09 Å². The van der Waals surface area contributed by atoms with Crippen LogP contribution >= 0.6 is 7.52 Å². The summed E-state index contributed by atoms with van der Waals surface area (Å²) in [5, 5.41) is 6.13. The normalized spacial score (nSPS) is 14.2. The predicted molar refractivity (Wildman–Crippen MR) is 85.9 cm³/mol. The third-order valence-corrected chi connectivity index (χ3v) is 5.21. The average Bonchev–Trinajstić information content (AvgIpc) is 3.04. The van der Waals surface area contributed by atoms with Crippen LogP contribution in [-0.2, 0) is 21.4 Å². The maximum absolute atomic E-state index is 12.7. The van der Waals surface area contributed by atoms with Crippen LogP contribution in [0.2, 0.25) is 0 Å². The number of hydrogen-bond acceptors (Lipinski definition) is 5. The molecule has 1 heterocycles. The monoisotopic (exact) mass is 375 g/mol. The molecular weight excluding hydrogens is 358 g/mol. The largest absolute Gasteiger partial charge is 0.471 e. The summed E-state index contributed by atoms with van der Waals surface area (Å²) in [6, 6.07) is 6.31. The van der Waals surface area contributed by atoms with Crippen LogP contribution in [0.15, 0.2) is 41.4 Å². The second-order valence-corrected chi connectivity index (χ2v) is 7.26. The average molecular weight is 375 g/mol. The summed E-state index contributed by atoms with van der Waals surface area (Å²) in [6.45, 7) is 5.90. The van der Waals surface area contributed by atoms with Gasteiger partial charge in [-0.2, -0.15) is 18.2 Å². The van der Waals surface area contributed by atoms with E-state index >= 15 is 0 Å². The minimum absolute atomic E-state index is 0.134. The Morgan fingerprint density at radius 2 is 2.04 bits per heavy atom. The summed E-state index contributed by atoms with van der Waals surface area (Å²) in [5.74, 6) is -1.57. The van der Waals surface area contributed by atoms with Crippen LogP contribution < -0.4 is 5.09 Å². The lowest BCUT2D eigenvalue weighted by molar-refractivity contribution is -0.159. The molecule has 1 aromatic heterocycles. The maximum atomic E-state index is 12.7. The Labute approximate surface area is 142 Å². The molecule has 1 aromatic carbocycles. The number of halogens is 3. The van der Waals surface area contributed by atoms with E-state index in [0.717, 1.165) is 0 Å². The second-order valence-electron chi connectivity index (χ2n) is 5.02. The number of nitrogens with zero attached hydrogens (tertiary/aromatic N) is 2. The molecule has 136 valence electrons. The van der Waals surface area contributed by atoms with Crippen LogP contribution in [0.5, 0.6) is 0 Å². The molecule has 0 radical (unpaired) electrons. The standard InChI is InChI=1S/C15H17F3N3O3P/c1-3-9-19-25(22,23-4-2)10-11-5-7-12(8-6-11)13-20-14(24-21-13)15(16,17)18/h3,5-8H,1,4,9-10H2,2H3,(H,19,22). The van der Waals surface area contributed by atoms with Crippen LogP contribution in [0.25, 0.3) is 11.4 Å². The number of nitrogens with one attached hydrogen (secondary N) is 1. The molecule has 1 unspecified atom stereocenters. The molecule has 0 spiro atoms. The molecular formula is C15H17F3N3O3P. The fraction of sp³-hybridized carbons (Fsp3) is 0.333. The first-order valence-electron chi connectivity index (χ1n) is 7.37. The van der Waals surface area contributed by atoms with Gasteiger partial charge in [0, 0.05) is 12.1 Å². The molecule has 1 N–H and O–H groups in total. The highest BCUT2D eigenvalue weighted by atomic mass is 31.2. The van der Waals surface area contributed by atoms with Crippen molar-refractivity contribution in [1.29, 1.82) is 0 Å². The van der Waals surface area contributed by atoms with Crippen LogP contribution in [0.3, 0.4) is 0 Å². The molecule has 0 saturated heterocycles. The molecule has 6 nitrogen and oxygen atoms in total. The van der Waals surface area contributed by atoms with Gasteiger partial charge < -0.3 is 9.05 Å². The van der Waals surface area contributed by atoms with E-state index in [1.54, 1.807) is 25.1 Å². The van der Waals surface area contributed by atoms with Crippen molar-refractivity contribution in [1.82, 2.24) is 15.2 Å². The van der Waals surface area contributed by atoms with Gasteiger partial charge in [-0.3, -0.25) is 4.57 Å². The van der Waals surface area contributed by atoms with Crippen molar-refractivity contribution in [2.45, 2.75) is 19.3 Å². The Morgan fingerprint density at radius 1 is 1.36 bits per heavy atom. The quantitative estimate of drug-likeness (QED) is 0.549. The highest BCUT2D eigenvalue weighted by molar-refractivity contribution is 7.56. The fourth-order valence-corrected chi connectivity index (χ4v) is 3.83. The Morgan fingerprint density at radius 3 is 2.56 bits per heavy atom. The SMILES string of the molecule is C=CCNP(=O)(Cc1ccc(-c2noc(C(F)(F)F)n2)cc1)OCC. The van der Waals surface area contributed by atoms with Crippen LogP contribution in [0.4, 0.5) is 13.2 Å². The zero-order chi connectivity index (χ0) is 18.5. The number of aromatic nitrogens is 2.